The summed E-state index contributed by atoms with van der Waals surface area (Å²) >= 11 is 1.35. The first-order valence-corrected chi connectivity index (χ1v) is 6.90. The van der Waals surface area contributed by atoms with Crippen molar-refractivity contribution in [3.8, 4) is 0 Å². The third-order valence-corrected chi connectivity index (χ3v) is 4.57. The van der Waals surface area contributed by atoms with Crippen molar-refractivity contribution < 1.29 is 27.8 Å². The number of carboxylic acids is 1. The van der Waals surface area contributed by atoms with Crippen LogP contribution in [0.25, 0.3) is 0 Å². The molecule has 1 fully saturated rings. The van der Waals surface area contributed by atoms with E-state index in [1.54, 1.807) is 0 Å². The zero-order chi connectivity index (χ0) is 14.9. The van der Waals surface area contributed by atoms with Crippen LogP contribution >= 0.6 is 11.8 Å². The molecule has 2 rings (SSSR count). The molecular weight excluding hydrogens is 293 g/mol. The normalized spacial score (nSPS) is 23.0. The highest BCUT2D eigenvalue weighted by Gasteiger charge is 2.35. The Labute approximate surface area is 118 Å². The van der Waals surface area contributed by atoms with Crippen LogP contribution in [0.15, 0.2) is 23.1 Å². The average molecular weight is 306 g/mol. The molecule has 0 spiro atoms. The van der Waals surface area contributed by atoms with Crippen molar-refractivity contribution in [3.05, 3.63) is 29.3 Å². The number of ether oxygens (including phenoxy) is 1. The molecule has 0 bridgehead atoms. The van der Waals surface area contributed by atoms with Crippen LogP contribution in [0.3, 0.4) is 0 Å². The van der Waals surface area contributed by atoms with Crippen LogP contribution in [-0.2, 0) is 10.9 Å². The molecule has 7 heteroatoms. The minimum atomic E-state index is -4.67. The quantitative estimate of drug-likeness (QED) is 0.925. The number of carboxylic acid groups (broad SMARTS) is 1. The van der Waals surface area contributed by atoms with Crippen molar-refractivity contribution in [1.82, 2.24) is 0 Å². The summed E-state index contributed by atoms with van der Waals surface area (Å²) in [5, 5.41) is 9.07. The molecule has 1 saturated heterocycles. The molecule has 1 N–H and O–H groups in total. The molecule has 20 heavy (non-hydrogen) atoms. The Morgan fingerprint density at radius 2 is 2.15 bits per heavy atom. The molecule has 0 saturated carbocycles. The molecule has 0 amide bonds. The van der Waals surface area contributed by atoms with E-state index in [2.05, 4.69) is 0 Å². The number of rotatable bonds is 3. The highest BCUT2D eigenvalue weighted by Crippen LogP contribution is 2.37. The summed E-state index contributed by atoms with van der Waals surface area (Å²) in [7, 11) is 0. The third kappa shape index (κ3) is 3.27. The summed E-state index contributed by atoms with van der Waals surface area (Å²) in [4.78, 5) is 11.5. The van der Waals surface area contributed by atoms with Gasteiger partial charge in [-0.05, 0) is 31.5 Å². The zero-order valence-corrected chi connectivity index (χ0v) is 11.4. The first-order chi connectivity index (χ1) is 9.29. The van der Waals surface area contributed by atoms with E-state index in [1.165, 1.54) is 17.8 Å². The van der Waals surface area contributed by atoms with E-state index in [-0.39, 0.29) is 11.4 Å². The van der Waals surface area contributed by atoms with Gasteiger partial charge in [-0.25, -0.2) is 4.79 Å². The summed E-state index contributed by atoms with van der Waals surface area (Å²) in [5.74, 6) is -1.57. The van der Waals surface area contributed by atoms with Gasteiger partial charge in [0.2, 0.25) is 0 Å². The second-order valence-corrected chi connectivity index (χ2v) is 5.84. The van der Waals surface area contributed by atoms with Gasteiger partial charge in [0.1, 0.15) is 0 Å². The lowest BCUT2D eigenvalue weighted by Gasteiger charge is -2.15. The first kappa shape index (κ1) is 15.2. The van der Waals surface area contributed by atoms with Gasteiger partial charge >= 0.3 is 12.1 Å². The molecule has 0 radical (unpaired) electrons. The summed E-state index contributed by atoms with van der Waals surface area (Å²) in [6, 6.07) is 3.22. The molecule has 1 aliphatic heterocycles. The van der Waals surface area contributed by atoms with Crippen LogP contribution in [0.2, 0.25) is 0 Å². The van der Waals surface area contributed by atoms with Crippen LogP contribution in [0.1, 0.15) is 29.3 Å². The third-order valence-electron chi connectivity index (χ3n) is 3.12. The van der Waals surface area contributed by atoms with Gasteiger partial charge in [-0.2, -0.15) is 13.2 Å². The summed E-state index contributed by atoms with van der Waals surface area (Å²) < 4.78 is 43.5. The Kier molecular flexibility index (Phi) is 4.29. The topological polar surface area (TPSA) is 46.5 Å². The zero-order valence-electron chi connectivity index (χ0n) is 10.6. The van der Waals surface area contributed by atoms with E-state index in [0.717, 1.165) is 18.6 Å². The largest absolute Gasteiger partial charge is 0.478 e. The summed E-state index contributed by atoms with van der Waals surface area (Å²) in [6.07, 6.45) is -3.86. The summed E-state index contributed by atoms with van der Waals surface area (Å²) in [6.45, 7) is 2.51. The number of hydrogen-bond acceptors (Lipinski definition) is 3. The number of benzene rings is 1. The molecule has 0 aromatic heterocycles. The average Bonchev–Trinajstić information content (AvgIpc) is 2.73. The number of hydrogen-bond donors (Lipinski definition) is 1. The maximum absolute atomic E-state index is 12.7. The smallest absolute Gasteiger partial charge is 0.417 e. The fourth-order valence-corrected chi connectivity index (χ4v) is 3.23. The maximum Gasteiger partial charge on any atom is 0.417 e. The lowest BCUT2D eigenvalue weighted by Crippen LogP contribution is -2.15. The van der Waals surface area contributed by atoms with Gasteiger partial charge in [0.15, 0.2) is 0 Å². The maximum atomic E-state index is 12.7. The van der Waals surface area contributed by atoms with Gasteiger partial charge in [-0.1, -0.05) is 0 Å². The molecule has 0 aliphatic carbocycles. The molecule has 2 atom stereocenters. The van der Waals surface area contributed by atoms with Crippen molar-refractivity contribution in [3.63, 3.8) is 0 Å². The number of thioether (sulfide) groups is 1. The van der Waals surface area contributed by atoms with Gasteiger partial charge in [0.25, 0.3) is 0 Å². The number of alkyl halides is 3. The predicted molar refractivity (Wildman–Crippen MR) is 68.1 cm³/mol. The Morgan fingerprint density at radius 3 is 2.65 bits per heavy atom. The summed E-state index contributed by atoms with van der Waals surface area (Å²) in [5.41, 5.74) is -1.83. The van der Waals surface area contributed by atoms with E-state index < -0.39 is 23.3 Å². The lowest BCUT2D eigenvalue weighted by molar-refractivity contribution is -0.138. The Morgan fingerprint density at radius 1 is 1.45 bits per heavy atom. The van der Waals surface area contributed by atoms with E-state index in [4.69, 9.17) is 9.84 Å². The second-order valence-electron chi connectivity index (χ2n) is 4.53. The molecule has 110 valence electrons. The van der Waals surface area contributed by atoms with E-state index >= 15 is 0 Å². The molecule has 1 heterocycles. The van der Waals surface area contributed by atoms with E-state index in [0.29, 0.717) is 11.5 Å². The number of carbonyl (C=O) groups is 1. The van der Waals surface area contributed by atoms with Crippen LogP contribution in [0.4, 0.5) is 13.2 Å². The lowest BCUT2D eigenvalue weighted by atomic mass is 10.1. The fraction of sp³-hybridized carbons (Fsp3) is 0.462. The molecule has 2 unspecified atom stereocenters. The van der Waals surface area contributed by atoms with Gasteiger partial charge in [-0.15, -0.1) is 11.8 Å². The van der Waals surface area contributed by atoms with Crippen molar-refractivity contribution in [1.29, 1.82) is 0 Å². The fourth-order valence-electron chi connectivity index (χ4n) is 2.06. The van der Waals surface area contributed by atoms with Crippen LogP contribution < -0.4 is 0 Å². The van der Waals surface area contributed by atoms with Crippen LogP contribution in [0, 0.1) is 0 Å². The molecule has 3 nitrogen and oxygen atoms in total. The van der Waals surface area contributed by atoms with Crippen molar-refractivity contribution in [2.24, 2.45) is 0 Å². The van der Waals surface area contributed by atoms with Crippen LogP contribution in [0.5, 0.6) is 0 Å². The molecular formula is C13H13F3O3S. The monoisotopic (exact) mass is 306 g/mol. The van der Waals surface area contributed by atoms with Gasteiger partial charge in [-0.3, -0.25) is 0 Å². The predicted octanol–water partition coefficient (Wildman–Crippen LogP) is 3.67. The molecule has 1 aliphatic rings. The SMILES string of the molecule is CC1OCCC1Sc1ccc(C(F)(F)F)c(C(=O)O)c1. The number of aromatic carboxylic acids is 1. The highest BCUT2D eigenvalue weighted by molar-refractivity contribution is 8.00. The second kappa shape index (κ2) is 5.65. The Hall–Kier alpha value is -1.21. The van der Waals surface area contributed by atoms with Crippen molar-refractivity contribution >= 4 is 17.7 Å². The van der Waals surface area contributed by atoms with Crippen molar-refractivity contribution in [2.75, 3.05) is 6.61 Å². The number of halogens is 3. The Balaban J connectivity index is 2.28. The standard InChI is InChI=1S/C13H13F3O3S/c1-7-11(4-5-19-7)20-8-2-3-10(13(14,15)16)9(6-8)12(17)18/h2-3,6-7,11H,4-5H2,1H3,(H,17,18). The Bertz CT molecular complexity index is 516. The minimum Gasteiger partial charge on any atom is -0.478 e. The minimum absolute atomic E-state index is 0.00979. The van der Waals surface area contributed by atoms with E-state index in [9.17, 15) is 18.0 Å². The highest BCUT2D eigenvalue weighted by atomic mass is 32.2. The first-order valence-electron chi connectivity index (χ1n) is 6.02. The van der Waals surface area contributed by atoms with Gasteiger partial charge in [0.05, 0.1) is 17.2 Å². The molecule has 1 aromatic rings. The van der Waals surface area contributed by atoms with Gasteiger partial charge < -0.3 is 9.84 Å². The van der Waals surface area contributed by atoms with Crippen LogP contribution in [-0.4, -0.2) is 29.0 Å². The van der Waals surface area contributed by atoms with E-state index in [1.807, 2.05) is 6.92 Å². The van der Waals surface area contributed by atoms with Gasteiger partial charge in [0, 0.05) is 16.8 Å². The molecule has 1 aromatic carbocycles. The van der Waals surface area contributed by atoms with Crippen molar-refractivity contribution in [2.45, 2.75) is 35.8 Å².